The van der Waals surface area contributed by atoms with Crippen LogP contribution >= 0.6 is 0 Å². The Bertz CT molecular complexity index is 572. The molecule has 1 aromatic rings. The lowest BCUT2D eigenvalue weighted by atomic mass is 10.0. The first-order valence-electron chi connectivity index (χ1n) is 7.33. The molecule has 1 aliphatic heterocycles. The molecule has 0 spiro atoms. The standard InChI is InChI=1S/C14H17F3N2O3/c1-2-3-4-21-12(20)19-7-9-6-13(9,8-19)10-5-11(22-18-10)14(15,16)17/h5,9H,2-4,6-8H2,1H3. The summed E-state index contributed by atoms with van der Waals surface area (Å²) in [4.78, 5) is 13.5. The predicted octanol–water partition coefficient (Wildman–Crippen LogP) is 3.20. The molecule has 2 fully saturated rings. The first-order valence-corrected chi connectivity index (χ1v) is 7.33. The Kier molecular flexibility index (Phi) is 3.57. The third-order valence-corrected chi connectivity index (χ3v) is 4.43. The Morgan fingerprint density at radius 1 is 1.59 bits per heavy atom. The van der Waals surface area contributed by atoms with Crippen molar-refractivity contribution in [1.29, 1.82) is 0 Å². The number of amides is 1. The number of unbranched alkanes of at least 4 members (excludes halogenated alkanes) is 1. The number of halogens is 3. The lowest BCUT2D eigenvalue weighted by molar-refractivity contribution is -0.155. The molecule has 2 aliphatic rings. The largest absolute Gasteiger partial charge is 0.452 e. The second kappa shape index (κ2) is 5.17. The van der Waals surface area contributed by atoms with E-state index in [9.17, 15) is 18.0 Å². The minimum absolute atomic E-state index is 0.136. The van der Waals surface area contributed by atoms with Gasteiger partial charge < -0.3 is 14.2 Å². The van der Waals surface area contributed by atoms with Crippen LogP contribution in [0.2, 0.25) is 0 Å². The molecule has 5 nitrogen and oxygen atoms in total. The molecule has 122 valence electrons. The van der Waals surface area contributed by atoms with Crippen LogP contribution in [0.15, 0.2) is 10.6 Å². The number of nitrogens with zero attached hydrogens (tertiary/aromatic N) is 2. The molecule has 8 heteroatoms. The normalized spacial score (nSPS) is 26.9. The number of carbonyl (C=O) groups excluding carboxylic acids is 1. The zero-order valence-corrected chi connectivity index (χ0v) is 12.2. The fraction of sp³-hybridized carbons (Fsp3) is 0.714. The number of rotatable bonds is 4. The molecule has 2 heterocycles. The number of piperidine rings is 1. The summed E-state index contributed by atoms with van der Waals surface area (Å²) in [6, 6.07) is 0.950. The van der Waals surface area contributed by atoms with Gasteiger partial charge in [-0.3, -0.25) is 0 Å². The molecule has 0 radical (unpaired) electrons. The molecule has 2 atom stereocenters. The first kappa shape index (κ1) is 15.2. The van der Waals surface area contributed by atoms with E-state index in [1.165, 1.54) is 0 Å². The minimum atomic E-state index is -4.54. The maximum Gasteiger partial charge on any atom is 0.452 e. The second-order valence-corrected chi connectivity index (χ2v) is 5.98. The van der Waals surface area contributed by atoms with Gasteiger partial charge >= 0.3 is 12.3 Å². The van der Waals surface area contributed by atoms with Gasteiger partial charge in [-0.05, 0) is 18.8 Å². The van der Waals surface area contributed by atoms with Gasteiger partial charge in [-0.2, -0.15) is 13.2 Å². The van der Waals surface area contributed by atoms with E-state index in [2.05, 4.69) is 9.68 Å². The van der Waals surface area contributed by atoms with E-state index in [0.29, 0.717) is 19.7 Å². The van der Waals surface area contributed by atoms with Crippen molar-refractivity contribution in [2.75, 3.05) is 19.7 Å². The molecule has 1 aromatic heterocycles. The van der Waals surface area contributed by atoms with Crippen molar-refractivity contribution < 1.29 is 27.2 Å². The van der Waals surface area contributed by atoms with Gasteiger partial charge in [0.15, 0.2) is 0 Å². The summed E-state index contributed by atoms with van der Waals surface area (Å²) in [6.45, 7) is 3.20. The van der Waals surface area contributed by atoms with E-state index < -0.39 is 23.4 Å². The zero-order chi connectivity index (χ0) is 16.0. The number of hydrogen-bond acceptors (Lipinski definition) is 4. The van der Waals surface area contributed by atoms with E-state index in [-0.39, 0.29) is 11.6 Å². The van der Waals surface area contributed by atoms with Gasteiger partial charge in [0, 0.05) is 24.6 Å². The van der Waals surface area contributed by atoms with Gasteiger partial charge in [0.25, 0.3) is 0 Å². The molecule has 0 N–H and O–H groups in total. The Labute approximate surface area is 125 Å². The van der Waals surface area contributed by atoms with Gasteiger partial charge in [-0.25, -0.2) is 4.79 Å². The highest BCUT2D eigenvalue weighted by Crippen LogP contribution is 2.59. The molecule has 0 bridgehead atoms. The topological polar surface area (TPSA) is 55.6 Å². The summed E-state index contributed by atoms with van der Waals surface area (Å²) in [5.74, 6) is -0.955. The molecule has 1 saturated heterocycles. The molecule has 2 unspecified atom stereocenters. The van der Waals surface area contributed by atoms with E-state index in [0.717, 1.165) is 25.3 Å². The number of carbonyl (C=O) groups is 1. The fourth-order valence-corrected chi connectivity index (χ4v) is 3.06. The van der Waals surface area contributed by atoms with Crippen molar-refractivity contribution in [2.24, 2.45) is 5.92 Å². The predicted molar refractivity (Wildman–Crippen MR) is 69.1 cm³/mol. The number of fused-ring (bicyclic) bond motifs is 1. The summed E-state index contributed by atoms with van der Waals surface area (Å²) in [7, 11) is 0. The number of ether oxygens (including phenoxy) is 1. The van der Waals surface area contributed by atoms with Crippen LogP contribution in [0.1, 0.15) is 37.6 Å². The number of aromatic nitrogens is 1. The third-order valence-electron chi connectivity index (χ3n) is 4.43. The molecular weight excluding hydrogens is 301 g/mol. The summed E-state index contributed by atoms with van der Waals surface area (Å²) < 4.78 is 47.3. The van der Waals surface area contributed by atoms with Crippen molar-refractivity contribution in [3.05, 3.63) is 17.5 Å². The highest BCUT2D eigenvalue weighted by atomic mass is 19.4. The summed E-state index contributed by atoms with van der Waals surface area (Å²) >= 11 is 0. The van der Waals surface area contributed by atoms with Crippen molar-refractivity contribution >= 4 is 6.09 Å². The zero-order valence-electron chi connectivity index (χ0n) is 12.2. The Hall–Kier alpha value is -1.73. The van der Waals surface area contributed by atoms with Crippen LogP contribution in [-0.4, -0.2) is 35.8 Å². The van der Waals surface area contributed by atoms with Gasteiger partial charge in [-0.1, -0.05) is 18.5 Å². The van der Waals surface area contributed by atoms with Crippen LogP contribution in [0.25, 0.3) is 0 Å². The molecule has 22 heavy (non-hydrogen) atoms. The monoisotopic (exact) mass is 318 g/mol. The maximum absolute atomic E-state index is 12.6. The molecule has 1 amide bonds. The summed E-state index contributed by atoms with van der Waals surface area (Å²) in [6.07, 6.45) is -2.48. The summed E-state index contributed by atoms with van der Waals surface area (Å²) in [5.41, 5.74) is -0.203. The lowest BCUT2D eigenvalue weighted by Crippen LogP contribution is -2.33. The van der Waals surface area contributed by atoms with Crippen LogP contribution in [0.3, 0.4) is 0 Å². The first-order chi connectivity index (χ1) is 10.4. The smallest absolute Gasteiger partial charge is 0.449 e. The molecule has 1 saturated carbocycles. The van der Waals surface area contributed by atoms with Gasteiger partial charge in [-0.15, -0.1) is 0 Å². The van der Waals surface area contributed by atoms with Crippen LogP contribution in [0, 0.1) is 5.92 Å². The quantitative estimate of drug-likeness (QED) is 0.800. The van der Waals surface area contributed by atoms with E-state index in [1.807, 2.05) is 6.92 Å². The van der Waals surface area contributed by atoms with Gasteiger partial charge in [0.05, 0.1) is 12.3 Å². The van der Waals surface area contributed by atoms with Crippen LogP contribution in [0.5, 0.6) is 0 Å². The SMILES string of the molecule is CCCCOC(=O)N1CC2CC2(c2cc(C(F)(F)F)on2)C1. The highest BCUT2D eigenvalue weighted by Gasteiger charge is 2.64. The lowest BCUT2D eigenvalue weighted by Gasteiger charge is -2.19. The Balaban J connectivity index is 1.65. The Morgan fingerprint density at radius 3 is 3.00 bits per heavy atom. The molecule has 0 aromatic carbocycles. The van der Waals surface area contributed by atoms with Crippen LogP contribution in [-0.2, 0) is 16.3 Å². The molecular formula is C14H17F3N2O3. The van der Waals surface area contributed by atoms with Gasteiger partial charge in [0.2, 0.25) is 5.76 Å². The minimum Gasteiger partial charge on any atom is -0.449 e. The second-order valence-electron chi connectivity index (χ2n) is 5.98. The number of hydrogen-bond donors (Lipinski definition) is 0. The average Bonchev–Trinajstić information content (AvgIpc) is 2.86. The van der Waals surface area contributed by atoms with Crippen LogP contribution in [0.4, 0.5) is 18.0 Å². The van der Waals surface area contributed by atoms with Crippen LogP contribution < -0.4 is 0 Å². The molecule has 1 aliphatic carbocycles. The van der Waals surface area contributed by atoms with E-state index in [4.69, 9.17) is 4.74 Å². The summed E-state index contributed by atoms with van der Waals surface area (Å²) in [5, 5.41) is 3.57. The van der Waals surface area contributed by atoms with Crippen molar-refractivity contribution in [3.8, 4) is 0 Å². The number of alkyl halides is 3. The highest BCUT2D eigenvalue weighted by molar-refractivity contribution is 5.69. The average molecular weight is 318 g/mol. The van der Waals surface area contributed by atoms with E-state index in [1.54, 1.807) is 4.90 Å². The van der Waals surface area contributed by atoms with Crippen molar-refractivity contribution in [2.45, 2.75) is 37.8 Å². The van der Waals surface area contributed by atoms with Crippen molar-refractivity contribution in [1.82, 2.24) is 10.1 Å². The van der Waals surface area contributed by atoms with Gasteiger partial charge in [0.1, 0.15) is 0 Å². The Morgan fingerprint density at radius 2 is 2.36 bits per heavy atom. The fourth-order valence-electron chi connectivity index (χ4n) is 3.06. The number of likely N-dealkylation sites (tertiary alicyclic amines) is 1. The molecule has 3 rings (SSSR count). The third kappa shape index (κ3) is 2.55. The van der Waals surface area contributed by atoms with E-state index >= 15 is 0 Å². The van der Waals surface area contributed by atoms with Crippen molar-refractivity contribution in [3.63, 3.8) is 0 Å². The maximum atomic E-state index is 12.6.